The number of aliphatic carboxylic acids is 1. The first-order valence-corrected chi connectivity index (χ1v) is 22.4. The third kappa shape index (κ3) is 40.6. The fourth-order valence-electron chi connectivity index (χ4n) is 4.86. The van der Waals surface area contributed by atoms with Crippen LogP contribution in [0.2, 0.25) is 0 Å². The van der Waals surface area contributed by atoms with Crippen LogP contribution in [-0.2, 0) is 32.7 Å². The minimum Gasteiger partial charge on any atom is -0.480 e. The monoisotopic (exact) mass is 816 g/mol. The molecular weight excluding hydrogens is 741 g/mol. The Kier molecular flexibility index (Phi) is 38.4. The molecule has 322 valence electrons. The number of hydrogen-bond acceptors (Lipinski definition) is 8. The van der Waals surface area contributed by atoms with Crippen molar-refractivity contribution in [3.8, 4) is 0 Å². The lowest BCUT2D eigenvalue weighted by Crippen LogP contribution is -2.34. The molecule has 0 aromatic heterocycles. The lowest BCUT2D eigenvalue weighted by atomic mass is 10.1. The van der Waals surface area contributed by atoms with Gasteiger partial charge in [-0.15, -0.1) is 0 Å². The van der Waals surface area contributed by atoms with Gasteiger partial charge in [-0.1, -0.05) is 142 Å². The fraction of sp³-hybridized carbons (Fsp3) is 0.565. The predicted octanol–water partition coefficient (Wildman–Crippen LogP) is 11.5. The largest absolute Gasteiger partial charge is 0.480 e. The summed E-state index contributed by atoms with van der Waals surface area (Å²) in [5, 5.41) is 8.89. The zero-order valence-electron chi connectivity index (χ0n) is 34.9. The molecule has 57 heavy (non-hydrogen) atoms. The Balaban J connectivity index is 4.43. The van der Waals surface area contributed by atoms with Crippen molar-refractivity contribution in [3.63, 3.8) is 0 Å². The summed E-state index contributed by atoms with van der Waals surface area (Å²) in [5.41, 5.74) is 5.34. The molecule has 3 atom stereocenters. The van der Waals surface area contributed by atoms with Gasteiger partial charge in [0.15, 0.2) is 0 Å². The van der Waals surface area contributed by atoms with E-state index < -0.39 is 45.1 Å². The molecule has 0 fully saturated rings. The molecule has 0 bridgehead atoms. The molecule has 0 radical (unpaired) electrons. The van der Waals surface area contributed by atoms with Gasteiger partial charge in [0.2, 0.25) is 0 Å². The third-order valence-electron chi connectivity index (χ3n) is 8.05. The summed E-state index contributed by atoms with van der Waals surface area (Å²) in [5.74, 6) is -1.86. The first-order valence-electron chi connectivity index (χ1n) is 20.9. The van der Waals surface area contributed by atoms with Gasteiger partial charge in [-0.25, -0.2) is 4.57 Å². The number of nitrogens with two attached hydrogens (primary N) is 1. The number of carbonyl (C=O) groups excluding carboxylic acids is 1. The molecule has 4 N–H and O–H groups in total. The summed E-state index contributed by atoms with van der Waals surface area (Å²) in [6.45, 7) is 3.50. The van der Waals surface area contributed by atoms with E-state index in [0.29, 0.717) is 19.4 Å². The number of hydrogen-bond donors (Lipinski definition) is 3. The first kappa shape index (κ1) is 53.6. The molecule has 0 aromatic carbocycles. The van der Waals surface area contributed by atoms with Crippen LogP contribution in [0.4, 0.5) is 0 Å². The molecule has 10 nitrogen and oxygen atoms in total. The zero-order chi connectivity index (χ0) is 41.9. The van der Waals surface area contributed by atoms with E-state index >= 15 is 0 Å². The molecule has 0 aliphatic carbocycles. The van der Waals surface area contributed by atoms with E-state index in [2.05, 4.69) is 117 Å². The summed E-state index contributed by atoms with van der Waals surface area (Å²) in [6.07, 6.45) is 54.3. The predicted molar refractivity (Wildman–Crippen MR) is 235 cm³/mol. The van der Waals surface area contributed by atoms with Gasteiger partial charge in [-0.05, 0) is 89.9 Å². The molecule has 0 amide bonds. The lowest BCUT2D eigenvalue weighted by molar-refractivity contribution is -0.154. The molecule has 11 heteroatoms. The van der Waals surface area contributed by atoms with E-state index in [4.69, 9.17) is 29.4 Å². The van der Waals surface area contributed by atoms with Crippen molar-refractivity contribution in [1.82, 2.24) is 0 Å². The normalized spacial score (nSPS) is 15.0. The van der Waals surface area contributed by atoms with Crippen LogP contribution in [0.5, 0.6) is 0 Å². The Hall–Kier alpha value is -3.37. The number of unbranched alkanes of at least 4 members (excludes halogenated alkanes) is 6. The number of phosphoric acid groups is 1. The van der Waals surface area contributed by atoms with Crippen LogP contribution in [0.25, 0.3) is 0 Å². The Morgan fingerprint density at radius 1 is 0.561 bits per heavy atom. The zero-order valence-corrected chi connectivity index (χ0v) is 35.8. The van der Waals surface area contributed by atoms with Crippen molar-refractivity contribution in [3.05, 3.63) is 109 Å². The first-order chi connectivity index (χ1) is 27.7. The number of ether oxygens (including phenoxy) is 2. The van der Waals surface area contributed by atoms with E-state index in [-0.39, 0.29) is 13.0 Å². The average molecular weight is 816 g/mol. The van der Waals surface area contributed by atoms with Gasteiger partial charge in [-0.2, -0.15) is 0 Å². The van der Waals surface area contributed by atoms with Crippen LogP contribution in [-0.4, -0.2) is 60.5 Å². The minimum atomic E-state index is -4.65. The number of carboxylic acids is 1. The van der Waals surface area contributed by atoms with Crippen molar-refractivity contribution >= 4 is 19.8 Å². The standard InChI is InChI=1S/C46H74NO9P/c1-3-5-7-9-11-13-15-17-19-21-23-25-27-29-31-33-35-37-39-53-40-43(41-54-57(51,52)55-42-44(47)46(49)50)56-45(48)38-36-34-32-30-28-26-24-22-20-18-16-14-12-10-8-6-4-2/h5-8,11-14,17-20,23-26,30,32,43-44H,3-4,9-10,15-16,21-22,27-29,31,33-42,47H2,1-2H3,(H,49,50)(H,51,52)/b7-5-,8-6-,13-11-,14-12-,19-17-,20-18-,25-23-,26-24-,32-30-. The number of carboxylic acid groups (broad SMARTS) is 1. The van der Waals surface area contributed by atoms with E-state index in [0.717, 1.165) is 96.3 Å². The summed E-state index contributed by atoms with van der Waals surface area (Å²) >= 11 is 0. The Labute approximate surface area is 344 Å². The quantitative estimate of drug-likeness (QED) is 0.0237. The van der Waals surface area contributed by atoms with Crippen LogP contribution in [0.3, 0.4) is 0 Å². The van der Waals surface area contributed by atoms with Gasteiger partial charge in [0.25, 0.3) is 0 Å². The van der Waals surface area contributed by atoms with Crippen molar-refractivity contribution in [2.45, 2.75) is 142 Å². The van der Waals surface area contributed by atoms with E-state index in [9.17, 15) is 19.0 Å². The van der Waals surface area contributed by atoms with Gasteiger partial charge in [0.05, 0.1) is 19.8 Å². The molecule has 0 spiro atoms. The second kappa shape index (κ2) is 40.8. The van der Waals surface area contributed by atoms with Gasteiger partial charge < -0.3 is 25.2 Å². The van der Waals surface area contributed by atoms with Crippen molar-refractivity contribution in [1.29, 1.82) is 0 Å². The van der Waals surface area contributed by atoms with Gasteiger partial charge >= 0.3 is 19.8 Å². The van der Waals surface area contributed by atoms with E-state index in [1.807, 2.05) is 6.08 Å². The molecule has 0 aliphatic heterocycles. The van der Waals surface area contributed by atoms with Crippen LogP contribution >= 0.6 is 7.82 Å². The fourth-order valence-corrected chi connectivity index (χ4v) is 5.64. The van der Waals surface area contributed by atoms with Crippen molar-refractivity contribution in [2.24, 2.45) is 5.73 Å². The Morgan fingerprint density at radius 2 is 0.965 bits per heavy atom. The third-order valence-corrected chi connectivity index (χ3v) is 9.00. The Morgan fingerprint density at radius 3 is 1.44 bits per heavy atom. The molecule has 3 unspecified atom stereocenters. The summed E-state index contributed by atoms with van der Waals surface area (Å²) in [7, 11) is -4.65. The maximum absolute atomic E-state index is 12.6. The molecule has 0 saturated heterocycles. The molecule has 0 saturated carbocycles. The van der Waals surface area contributed by atoms with Gasteiger partial charge in [-0.3, -0.25) is 18.6 Å². The number of allylic oxidation sites excluding steroid dienone is 18. The second-order valence-corrected chi connectivity index (χ2v) is 14.8. The SMILES string of the molecule is CC/C=C\C/C=C\C/C=C\C/C=C\C/C=C\CCCC(=O)OC(COCCCCCCC/C=C\C/C=C\C/C=C\C/C=C\CC)COP(=O)(O)OCC(N)C(=O)O. The number of rotatable bonds is 38. The van der Waals surface area contributed by atoms with E-state index in [1.165, 1.54) is 0 Å². The maximum Gasteiger partial charge on any atom is 0.472 e. The van der Waals surface area contributed by atoms with Crippen molar-refractivity contribution < 1.29 is 42.7 Å². The molecule has 0 heterocycles. The molecule has 0 rings (SSSR count). The van der Waals surface area contributed by atoms with Crippen LogP contribution in [0, 0.1) is 0 Å². The van der Waals surface area contributed by atoms with Crippen LogP contribution < -0.4 is 5.73 Å². The second-order valence-electron chi connectivity index (χ2n) is 13.3. The lowest BCUT2D eigenvalue weighted by Gasteiger charge is -2.20. The molecule has 0 aliphatic rings. The topological polar surface area (TPSA) is 155 Å². The number of phosphoric ester groups is 1. The van der Waals surface area contributed by atoms with Crippen LogP contribution in [0.1, 0.15) is 129 Å². The maximum atomic E-state index is 12.6. The van der Waals surface area contributed by atoms with Crippen molar-refractivity contribution in [2.75, 3.05) is 26.4 Å². The molecular formula is C46H74NO9P. The minimum absolute atomic E-state index is 0.0268. The summed E-state index contributed by atoms with van der Waals surface area (Å²) < 4.78 is 33.2. The van der Waals surface area contributed by atoms with Gasteiger partial charge in [0.1, 0.15) is 12.1 Å². The summed E-state index contributed by atoms with van der Waals surface area (Å²) in [4.78, 5) is 33.5. The molecule has 0 aromatic rings. The number of carbonyl (C=O) groups is 2. The van der Waals surface area contributed by atoms with E-state index in [1.54, 1.807) is 0 Å². The summed E-state index contributed by atoms with van der Waals surface area (Å²) in [6, 6.07) is -1.49. The average Bonchev–Trinajstić information content (AvgIpc) is 3.19. The highest BCUT2D eigenvalue weighted by Crippen LogP contribution is 2.43. The Bertz CT molecular complexity index is 1310. The van der Waals surface area contributed by atoms with Gasteiger partial charge in [0, 0.05) is 13.0 Å². The highest BCUT2D eigenvalue weighted by molar-refractivity contribution is 7.47. The highest BCUT2D eigenvalue weighted by Gasteiger charge is 2.27. The smallest absolute Gasteiger partial charge is 0.472 e. The highest BCUT2D eigenvalue weighted by atomic mass is 31.2. The van der Waals surface area contributed by atoms with Crippen LogP contribution in [0.15, 0.2) is 109 Å². The number of esters is 1.